The lowest BCUT2D eigenvalue weighted by molar-refractivity contribution is 0.241. The summed E-state index contributed by atoms with van der Waals surface area (Å²) in [5, 5.41) is 13.6. The quantitative estimate of drug-likeness (QED) is 0.407. The molecular formula is C9H18N6O3S2. The summed E-state index contributed by atoms with van der Waals surface area (Å²) in [5.41, 5.74) is 0. The summed E-state index contributed by atoms with van der Waals surface area (Å²) in [4.78, 5) is 11.4. The molecule has 0 atom stereocenters. The van der Waals surface area contributed by atoms with Crippen LogP contribution in [0, 0.1) is 0 Å². The van der Waals surface area contributed by atoms with Crippen LogP contribution in [0.15, 0.2) is 11.5 Å². The summed E-state index contributed by atoms with van der Waals surface area (Å²) in [6.07, 6.45) is 2.67. The first-order valence-electron chi connectivity index (χ1n) is 5.81. The molecule has 1 heterocycles. The van der Waals surface area contributed by atoms with Crippen molar-refractivity contribution in [2.75, 3.05) is 31.6 Å². The summed E-state index contributed by atoms with van der Waals surface area (Å²) >= 11 is 1.48. The van der Waals surface area contributed by atoms with Crippen LogP contribution in [0.25, 0.3) is 0 Å². The van der Waals surface area contributed by atoms with Crippen molar-refractivity contribution < 1.29 is 13.2 Å². The molecule has 1 aromatic rings. The number of hydrogen-bond acceptors (Lipinski definition) is 6. The number of thioether (sulfide) groups is 1. The summed E-state index contributed by atoms with van der Waals surface area (Å²) in [5.74, 6) is 0.668. The average molecular weight is 322 g/mol. The molecule has 3 N–H and O–H groups in total. The molecule has 0 spiro atoms. The maximum absolute atomic E-state index is 11.4. The average Bonchev–Trinajstić information content (AvgIpc) is 2.75. The minimum Gasteiger partial charge on any atom is -0.337 e. The van der Waals surface area contributed by atoms with Gasteiger partial charge in [0.25, 0.3) is 0 Å². The third-order valence-electron chi connectivity index (χ3n) is 2.06. The van der Waals surface area contributed by atoms with Gasteiger partial charge in [0.2, 0.25) is 10.0 Å². The zero-order chi connectivity index (χ0) is 15.0. The molecule has 0 bridgehead atoms. The number of urea groups is 1. The van der Waals surface area contributed by atoms with Crippen molar-refractivity contribution in [2.45, 2.75) is 5.16 Å². The monoisotopic (exact) mass is 322 g/mol. The van der Waals surface area contributed by atoms with Gasteiger partial charge in [-0.15, -0.1) is 10.2 Å². The Labute approximate surface area is 122 Å². The van der Waals surface area contributed by atoms with E-state index in [4.69, 9.17) is 0 Å². The molecule has 0 fully saturated rings. The Kier molecular flexibility index (Phi) is 6.75. The van der Waals surface area contributed by atoms with Crippen LogP contribution in [0.1, 0.15) is 0 Å². The van der Waals surface area contributed by atoms with Crippen LogP contribution in [-0.4, -0.2) is 60.9 Å². The van der Waals surface area contributed by atoms with Gasteiger partial charge in [-0.1, -0.05) is 11.8 Å². The van der Waals surface area contributed by atoms with E-state index in [9.17, 15) is 13.2 Å². The Morgan fingerprint density at radius 1 is 1.35 bits per heavy atom. The first-order chi connectivity index (χ1) is 9.38. The third-order valence-corrected chi connectivity index (χ3v) is 3.83. The molecule has 0 radical (unpaired) electrons. The first-order valence-corrected chi connectivity index (χ1v) is 8.69. The predicted molar refractivity (Wildman–Crippen MR) is 76.0 cm³/mol. The normalized spacial score (nSPS) is 11.3. The van der Waals surface area contributed by atoms with E-state index >= 15 is 0 Å². The molecule has 0 aliphatic heterocycles. The summed E-state index contributed by atoms with van der Waals surface area (Å²) in [7, 11) is -1.37. The predicted octanol–water partition coefficient (Wildman–Crippen LogP) is -1.24. The Hall–Kier alpha value is -1.33. The second-order valence-corrected chi connectivity index (χ2v) is 6.82. The van der Waals surface area contributed by atoms with Crippen molar-refractivity contribution >= 4 is 27.8 Å². The smallest absolute Gasteiger partial charge is 0.314 e. The summed E-state index contributed by atoms with van der Waals surface area (Å²) < 4.78 is 25.6. The van der Waals surface area contributed by atoms with Gasteiger partial charge >= 0.3 is 6.03 Å². The number of nitrogens with zero attached hydrogens (tertiary/aromatic N) is 3. The number of sulfonamides is 1. The number of aryl methyl sites for hydroxylation is 1. The van der Waals surface area contributed by atoms with Crippen LogP contribution in [0.5, 0.6) is 0 Å². The number of hydrogen-bond donors (Lipinski definition) is 3. The van der Waals surface area contributed by atoms with Gasteiger partial charge in [-0.2, -0.15) is 0 Å². The lowest BCUT2D eigenvalue weighted by Gasteiger charge is -2.07. The van der Waals surface area contributed by atoms with Gasteiger partial charge < -0.3 is 15.2 Å². The number of rotatable bonds is 8. The SMILES string of the molecule is Cn1cnnc1SCCNC(=O)NCCNS(C)(=O)=O. The van der Waals surface area contributed by atoms with Gasteiger partial charge in [0.15, 0.2) is 5.16 Å². The van der Waals surface area contributed by atoms with Gasteiger partial charge in [-0.3, -0.25) is 0 Å². The number of amides is 2. The largest absolute Gasteiger partial charge is 0.337 e. The van der Waals surface area contributed by atoms with Crippen LogP contribution < -0.4 is 15.4 Å². The molecule has 11 heteroatoms. The molecule has 0 unspecified atom stereocenters. The Balaban J connectivity index is 2.04. The van der Waals surface area contributed by atoms with Crippen molar-refractivity contribution in [3.8, 4) is 0 Å². The van der Waals surface area contributed by atoms with E-state index in [0.29, 0.717) is 12.3 Å². The molecule has 114 valence electrons. The highest BCUT2D eigenvalue weighted by Gasteiger charge is 2.03. The first kappa shape index (κ1) is 16.7. The highest BCUT2D eigenvalue weighted by Crippen LogP contribution is 2.11. The Bertz CT molecular complexity index is 530. The number of carbonyl (C=O) groups excluding carboxylic acids is 1. The van der Waals surface area contributed by atoms with Crippen molar-refractivity contribution in [3.63, 3.8) is 0 Å². The molecule has 20 heavy (non-hydrogen) atoms. The lowest BCUT2D eigenvalue weighted by Crippen LogP contribution is -2.40. The highest BCUT2D eigenvalue weighted by molar-refractivity contribution is 7.99. The van der Waals surface area contributed by atoms with Crippen LogP contribution in [0.2, 0.25) is 0 Å². The van der Waals surface area contributed by atoms with E-state index in [-0.39, 0.29) is 19.1 Å². The standard InChI is InChI=1S/C9H18N6O3S2/c1-15-7-12-14-9(15)19-6-5-11-8(16)10-3-4-13-20(2,17)18/h7,13H,3-6H2,1-2H3,(H2,10,11,16). The van der Waals surface area contributed by atoms with Crippen LogP contribution in [-0.2, 0) is 17.1 Å². The molecule has 1 aromatic heterocycles. The van der Waals surface area contributed by atoms with Crippen LogP contribution >= 0.6 is 11.8 Å². The zero-order valence-corrected chi connectivity index (χ0v) is 12.9. The number of aromatic nitrogens is 3. The molecule has 0 aliphatic rings. The maximum atomic E-state index is 11.4. The second-order valence-electron chi connectivity index (χ2n) is 3.92. The molecule has 0 aliphatic carbocycles. The fourth-order valence-corrected chi connectivity index (χ4v) is 2.40. The summed E-state index contributed by atoms with van der Waals surface area (Å²) in [6.45, 7) is 0.873. The van der Waals surface area contributed by atoms with Gasteiger partial charge in [0, 0.05) is 32.4 Å². The van der Waals surface area contributed by atoms with Crippen LogP contribution in [0.3, 0.4) is 0 Å². The fourth-order valence-electron chi connectivity index (χ4n) is 1.19. The van der Waals surface area contributed by atoms with Crippen molar-refractivity contribution in [2.24, 2.45) is 7.05 Å². The van der Waals surface area contributed by atoms with E-state index in [0.717, 1.165) is 11.4 Å². The third kappa shape index (κ3) is 7.31. The second kappa shape index (κ2) is 8.07. The highest BCUT2D eigenvalue weighted by atomic mass is 32.2. The van der Waals surface area contributed by atoms with Crippen molar-refractivity contribution in [1.82, 2.24) is 30.1 Å². The fraction of sp³-hybridized carbons (Fsp3) is 0.667. The number of nitrogens with one attached hydrogen (secondary N) is 3. The number of carbonyl (C=O) groups is 1. The zero-order valence-electron chi connectivity index (χ0n) is 11.3. The Morgan fingerprint density at radius 3 is 2.65 bits per heavy atom. The molecule has 1 rings (SSSR count). The molecular weight excluding hydrogens is 304 g/mol. The van der Waals surface area contributed by atoms with Gasteiger partial charge in [-0.25, -0.2) is 17.9 Å². The van der Waals surface area contributed by atoms with E-state index < -0.39 is 10.0 Å². The molecule has 0 saturated heterocycles. The van der Waals surface area contributed by atoms with E-state index in [1.165, 1.54) is 11.8 Å². The van der Waals surface area contributed by atoms with E-state index in [1.807, 2.05) is 7.05 Å². The molecule has 0 saturated carbocycles. The summed E-state index contributed by atoms with van der Waals surface area (Å²) in [6, 6.07) is -0.334. The van der Waals surface area contributed by atoms with Crippen molar-refractivity contribution in [1.29, 1.82) is 0 Å². The van der Waals surface area contributed by atoms with Crippen molar-refractivity contribution in [3.05, 3.63) is 6.33 Å². The van der Waals surface area contributed by atoms with Crippen LogP contribution in [0.4, 0.5) is 4.79 Å². The van der Waals surface area contributed by atoms with Gasteiger partial charge in [0.1, 0.15) is 6.33 Å². The van der Waals surface area contributed by atoms with Gasteiger partial charge in [0.05, 0.1) is 6.26 Å². The Morgan fingerprint density at radius 2 is 2.05 bits per heavy atom. The maximum Gasteiger partial charge on any atom is 0.314 e. The lowest BCUT2D eigenvalue weighted by atomic mass is 10.6. The van der Waals surface area contributed by atoms with Gasteiger partial charge in [-0.05, 0) is 0 Å². The molecule has 0 aromatic carbocycles. The van der Waals surface area contributed by atoms with E-state index in [1.54, 1.807) is 10.9 Å². The molecule has 2 amide bonds. The van der Waals surface area contributed by atoms with E-state index in [2.05, 4.69) is 25.6 Å². The topological polar surface area (TPSA) is 118 Å². The minimum absolute atomic E-state index is 0.167. The minimum atomic E-state index is -3.21. The molecule has 9 nitrogen and oxygen atoms in total.